The first-order chi connectivity index (χ1) is 10.5. The third-order valence-corrected chi connectivity index (χ3v) is 3.24. The highest BCUT2D eigenvalue weighted by atomic mass is 16.5. The fourth-order valence-electron chi connectivity index (χ4n) is 1.97. The summed E-state index contributed by atoms with van der Waals surface area (Å²) >= 11 is 0. The maximum Gasteiger partial charge on any atom is 0.262 e. The third kappa shape index (κ3) is 3.91. The van der Waals surface area contributed by atoms with Crippen molar-refractivity contribution in [2.24, 2.45) is 0 Å². The number of carbonyl (C=O) groups excluding carboxylic acids is 1. The zero-order chi connectivity index (χ0) is 16.1. The highest BCUT2D eigenvalue weighted by Crippen LogP contribution is 2.24. The third-order valence-electron chi connectivity index (χ3n) is 3.24. The Balaban J connectivity index is 1.97. The first-order valence-corrected chi connectivity index (χ1v) is 6.93. The number of aryl methyl sites for hydroxylation is 2. The minimum Gasteiger partial charge on any atom is -0.497 e. The summed E-state index contributed by atoms with van der Waals surface area (Å²) in [4.78, 5) is 12.0. The van der Waals surface area contributed by atoms with Crippen LogP contribution in [0, 0.1) is 13.8 Å². The van der Waals surface area contributed by atoms with Crippen molar-refractivity contribution in [1.29, 1.82) is 0 Å². The van der Waals surface area contributed by atoms with Crippen LogP contribution >= 0.6 is 0 Å². The van der Waals surface area contributed by atoms with E-state index >= 15 is 0 Å². The van der Waals surface area contributed by atoms with Crippen LogP contribution in [0.25, 0.3) is 0 Å². The highest BCUT2D eigenvalue weighted by Gasteiger charge is 2.08. The number of methoxy groups -OCH3 is 1. The van der Waals surface area contributed by atoms with Gasteiger partial charge >= 0.3 is 0 Å². The van der Waals surface area contributed by atoms with E-state index < -0.39 is 0 Å². The number of rotatable bonds is 5. The summed E-state index contributed by atoms with van der Waals surface area (Å²) in [5.74, 6) is 1.08. The van der Waals surface area contributed by atoms with Crippen LogP contribution in [0.5, 0.6) is 11.5 Å². The number of benzene rings is 2. The summed E-state index contributed by atoms with van der Waals surface area (Å²) in [6, 6.07) is 11.0. The maximum absolute atomic E-state index is 12.0. The molecule has 5 heteroatoms. The van der Waals surface area contributed by atoms with Gasteiger partial charge in [0.15, 0.2) is 6.61 Å². The van der Waals surface area contributed by atoms with E-state index in [0.717, 1.165) is 11.1 Å². The van der Waals surface area contributed by atoms with Crippen LogP contribution in [0.1, 0.15) is 11.1 Å². The summed E-state index contributed by atoms with van der Waals surface area (Å²) in [6.45, 7) is 3.84. The molecule has 2 aromatic carbocycles. The Hall–Kier alpha value is -2.69. The lowest BCUT2D eigenvalue weighted by molar-refractivity contribution is -0.118. The molecule has 0 heterocycles. The lowest BCUT2D eigenvalue weighted by Gasteiger charge is -2.12. The van der Waals surface area contributed by atoms with Gasteiger partial charge in [-0.3, -0.25) is 4.79 Å². The summed E-state index contributed by atoms with van der Waals surface area (Å²) in [6.07, 6.45) is 0. The van der Waals surface area contributed by atoms with Crippen molar-refractivity contribution in [2.75, 3.05) is 24.8 Å². The number of hydrogen-bond acceptors (Lipinski definition) is 4. The van der Waals surface area contributed by atoms with Crippen molar-refractivity contribution >= 4 is 17.3 Å². The normalized spacial score (nSPS) is 10.1. The number of nitrogens with two attached hydrogens (primary N) is 1. The van der Waals surface area contributed by atoms with Gasteiger partial charge in [-0.05, 0) is 43.2 Å². The Morgan fingerprint density at radius 1 is 1.18 bits per heavy atom. The topological polar surface area (TPSA) is 73.6 Å². The minimum atomic E-state index is -0.266. The second-order valence-electron chi connectivity index (χ2n) is 5.06. The Kier molecular flexibility index (Phi) is 4.88. The summed E-state index contributed by atoms with van der Waals surface area (Å²) in [5.41, 5.74) is 8.91. The molecule has 0 fully saturated rings. The average molecular weight is 300 g/mol. The molecule has 0 saturated heterocycles. The molecule has 116 valence electrons. The molecule has 0 radical (unpaired) electrons. The highest BCUT2D eigenvalue weighted by molar-refractivity contribution is 5.95. The largest absolute Gasteiger partial charge is 0.497 e. The predicted octanol–water partition coefficient (Wildman–Crippen LogP) is 2.91. The fraction of sp³-hybridized carbons (Fsp3) is 0.235. The van der Waals surface area contributed by atoms with Crippen molar-refractivity contribution in [2.45, 2.75) is 13.8 Å². The van der Waals surface area contributed by atoms with Gasteiger partial charge in [0, 0.05) is 6.07 Å². The standard InChI is InChI=1S/C17H20N2O3/c1-11-4-5-12(2)16(8-11)22-10-17(20)19-15-7-6-13(21-3)9-14(15)18/h4-9H,10,18H2,1-3H3,(H,19,20). The molecule has 2 aromatic rings. The molecular weight excluding hydrogens is 280 g/mol. The molecule has 0 aromatic heterocycles. The molecule has 0 aliphatic heterocycles. The van der Waals surface area contributed by atoms with Crippen molar-refractivity contribution in [1.82, 2.24) is 0 Å². The molecule has 0 aliphatic rings. The number of nitrogen functional groups attached to an aromatic ring is 1. The van der Waals surface area contributed by atoms with Gasteiger partial charge in [-0.2, -0.15) is 0 Å². The molecule has 3 N–H and O–H groups in total. The van der Waals surface area contributed by atoms with Crippen LogP contribution in [0.4, 0.5) is 11.4 Å². The van der Waals surface area contributed by atoms with E-state index in [9.17, 15) is 4.79 Å². The first-order valence-electron chi connectivity index (χ1n) is 6.93. The SMILES string of the molecule is COc1ccc(NC(=O)COc2cc(C)ccc2C)c(N)c1. The Morgan fingerprint density at radius 2 is 1.95 bits per heavy atom. The van der Waals surface area contributed by atoms with Gasteiger partial charge in [0.2, 0.25) is 0 Å². The Labute approximate surface area is 130 Å². The molecule has 0 atom stereocenters. The van der Waals surface area contributed by atoms with Crippen LogP contribution in [-0.4, -0.2) is 19.6 Å². The van der Waals surface area contributed by atoms with E-state index in [-0.39, 0.29) is 12.5 Å². The van der Waals surface area contributed by atoms with E-state index in [1.807, 2.05) is 32.0 Å². The molecule has 1 amide bonds. The number of nitrogens with one attached hydrogen (secondary N) is 1. The van der Waals surface area contributed by atoms with Gasteiger partial charge in [0.05, 0.1) is 18.5 Å². The fourth-order valence-corrected chi connectivity index (χ4v) is 1.97. The molecule has 0 aliphatic carbocycles. The van der Waals surface area contributed by atoms with E-state index in [4.69, 9.17) is 15.2 Å². The average Bonchev–Trinajstić information content (AvgIpc) is 2.50. The number of amides is 1. The van der Waals surface area contributed by atoms with Crippen LogP contribution in [0.3, 0.4) is 0 Å². The predicted molar refractivity (Wildman–Crippen MR) is 87.4 cm³/mol. The van der Waals surface area contributed by atoms with E-state index in [1.54, 1.807) is 25.3 Å². The first kappa shape index (κ1) is 15.7. The molecule has 5 nitrogen and oxygen atoms in total. The summed E-state index contributed by atoms with van der Waals surface area (Å²) < 4.78 is 10.6. The monoisotopic (exact) mass is 300 g/mol. The zero-order valence-corrected chi connectivity index (χ0v) is 13.0. The lowest BCUT2D eigenvalue weighted by Crippen LogP contribution is -2.21. The van der Waals surface area contributed by atoms with Crippen LogP contribution in [0.15, 0.2) is 36.4 Å². The Morgan fingerprint density at radius 3 is 2.64 bits per heavy atom. The van der Waals surface area contributed by atoms with Gasteiger partial charge in [-0.1, -0.05) is 12.1 Å². The van der Waals surface area contributed by atoms with Crippen LogP contribution < -0.4 is 20.5 Å². The number of carbonyl (C=O) groups is 1. The van der Waals surface area contributed by atoms with Crippen molar-refractivity contribution < 1.29 is 14.3 Å². The van der Waals surface area contributed by atoms with Gasteiger partial charge < -0.3 is 20.5 Å². The van der Waals surface area contributed by atoms with Crippen LogP contribution in [0.2, 0.25) is 0 Å². The smallest absolute Gasteiger partial charge is 0.262 e. The number of anilines is 2. The lowest BCUT2D eigenvalue weighted by atomic mass is 10.1. The summed E-state index contributed by atoms with van der Waals surface area (Å²) in [7, 11) is 1.56. The Bertz CT molecular complexity index is 684. The van der Waals surface area contributed by atoms with E-state index in [0.29, 0.717) is 22.9 Å². The molecule has 0 bridgehead atoms. The van der Waals surface area contributed by atoms with Gasteiger partial charge in [0.25, 0.3) is 5.91 Å². The van der Waals surface area contributed by atoms with E-state index in [2.05, 4.69) is 5.32 Å². The molecule has 22 heavy (non-hydrogen) atoms. The number of ether oxygens (including phenoxy) is 2. The van der Waals surface area contributed by atoms with Gasteiger partial charge in [-0.25, -0.2) is 0 Å². The molecule has 0 unspecified atom stereocenters. The molecule has 2 rings (SSSR count). The zero-order valence-electron chi connectivity index (χ0n) is 13.0. The van der Waals surface area contributed by atoms with Crippen LogP contribution in [-0.2, 0) is 4.79 Å². The van der Waals surface area contributed by atoms with Gasteiger partial charge in [-0.15, -0.1) is 0 Å². The second-order valence-corrected chi connectivity index (χ2v) is 5.06. The quantitative estimate of drug-likeness (QED) is 0.833. The minimum absolute atomic E-state index is 0.0736. The van der Waals surface area contributed by atoms with Crippen molar-refractivity contribution in [3.8, 4) is 11.5 Å². The van der Waals surface area contributed by atoms with E-state index in [1.165, 1.54) is 0 Å². The molecule has 0 spiro atoms. The maximum atomic E-state index is 12.0. The van der Waals surface area contributed by atoms with Gasteiger partial charge in [0.1, 0.15) is 11.5 Å². The summed E-state index contributed by atoms with van der Waals surface area (Å²) in [5, 5.41) is 2.72. The number of hydrogen-bond donors (Lipinski definition) is 2. The van der Waals surface area contributed by atoms with Crippen molar-refractivity contribution in [3.63, 3.8) is 0 Å². The molecule has 0 saturated carbocycles. The molecular formula is C17H20N2O3. The van der Waals surface area contributed by atoms with Crippen molar-refractivity contribution in [3.05, 3.63) is 47.5 Å². The second kappa shape index (κ2) is 6.85.